The fourth-order valence-electron chi connectivity index (χ4n) is 2.98. The van der Waals surface area contributed by atoms with E-state index in [-0.39, 0.29) is 16.5 Å². The molecular formula is C18H25N5O3S. The number of likely N-dealkylation sites (N-methyl/N-ethyl adjacent to an activating group) is 1. The van der Waals surface area contributed by atoms with Crippen LogP contribution in [-0.4, -0.2) is 67.0 Å². The highest BCUT2D eigenvalue weighted by Gasteiger charge is 2.27. The normalized spacial score (nSPS) is 16.4. The summed E-state index contributed by atoms with van der Waals surface area (Å²) in [6.45, 7) is 4.38. The number of nitrogens with one attached hydrogen (secondary N) is 2. The molecule has 27 heavy (non-hydrogen) atoms. The predicted octanol–water partition coefficient (Wildman–Crippen LogP) is 1.55. The Kier molecular flexibility index (Phi) is 5.93. The Morgan fingerprint density at radius 1 is 1.22 bits per heavy atom. The van der Waals surface area contributed by atoms with E-state index in [1.54, 1.807) is 24.3 Å². The number of aromatic amines is 1. The Hall–Kier alpha value is -2.23. The molecule has 1 fully saturated rings. The van der Waals surface area contributed by atoms with Crippen LogP contribution in [0.1, 0.15) is 29.5 Å². The molecule has 1 amide bonds. The molecule has 0 unspecified atom stereocenters. The minimum Gasteiger partial charge on any atom is -0.321 e. The number of hydrogen-bond donors (Lipinski definition) is 2. The highest BCUT2D eigenvalue weighted by Crippen LogP contribution is 2.21. The van der Waals surface area contributed by atoms with E-state index in [9.17, 15) is 13.2 Å². The number of aryl methyl sites for hydroxylation is 1. The van der Waals surface area contributed by atoms with Gasteiger partial charge in [0.1, 0.15) is 0 Å². The molecule has 3 rings (SSSR count). The molecule has 1 aromatic carbocycles. The number of aromatic nitrogens is 2. The third-order valence-corrected chi connectivity index (χ3v) is 6.47. The summed E-state index contributed by atoms with van der Waals surface area (Å²) < 4.78 is 27.2. The van der Waals surface area contributed by atoms with Crippen molar-refractivity contribution in [1.82, 2.24) is 19.4 Å². The van der Waals surface area contributed by atoms with Crippen LogP contribution >= 0.6 is 0 Å². The summed E-state index contributed by atoms with van der Waals surface area (Å²) in [4.78, 5) is 14.6. The lowest BCUT2D eigenvalue weighted by Gasteiger charge is -2.31. The minimum atomic E-state index is -3.58. The van der Waals surface area contributed by atoms with Gasteiger partial charge in [0.2, 0.25) is 10.0 Å². The highest BCUT2D eigenvalue weighted by atomic mass is 32.2. The third-order valence-electron chi connectivity index (χ3n) is 4.57. The Balaban J connectivity index is 1.73. The molecule has 2 N–H and O–H groups in total. The number of carbonyl (C=O) groups is 1. The molecule has 2 aromatic rings. The van der Waals surface area contributed by atoms with Crippen LogP contribution in [0.2, 0.25) is 0 Å². The first-order chi connectivity index (χ1) is 12.9. The number of piperazine rings is 1. The Labute approximate surface area is 159 Å². The second kappa shape index (κ2) is 8.20. The summed E-state index contributed by atoms with van der Waals surface area (Å²) in [5, 5.41) is 9.58. The lowest BCUT2D eigenvalue weighted by molar-refractivity contribution is 0.102. The zero-order chi connectivity index (χ0) is 19.4. The zero-order valence-corrected chi connectivity index (χ0v) is 16.4. The van der Waals surface area contributed by atoms with Crippen LogP contribution < -0.4 is 5.32 Å². The summed E-state index contributed by atoms with van der Waals surface area (Å²) in [6.07, 6.45) is 1.77. The summed E-state index contributed by atoms with van der Waals surface area (Å²) in [5.74, 6) is -0.372. The van der Waals surface area contributed by atoms with Gasteiger partial charge < -0.3 is 10.2 Å². The van der Waals surface area contributed by atoms with E-state index in [2.05, 4.69) is 20.4 Å². The van der Waals surface area contributed by atoms with Gasteiger partial charge in [0.15, 0.2) is 5.69 Å². The summed E-state index contributed by atoms with van der Waals surface area (Å²) in [5.41, 5.74) is 1.61. The maximum atomic E-state index is 12.9. The third kappa shape index (κ3) is 4.55. The number of carbonyl (C=O) groups excluding carboxylic acids is 1. The zero-order valence-electron chi connectivity index (χ0n) is 15.6. The van der Waals surface area contributed by atoms with E-state index >= 15 is 0 Å². The molecule has 0 spiro atoms. The summed E-state index contributed by atoms with van der Waals surface area (Å²) in [6, 6.07) is 8.05. The van der Waals surface area contributed by atoms with E-state index < -0.39 is 10.0 Å². The van der Waals surface area contributed by atoms with Crippen LogP contribution in [0.3, 0.4) is 0 Å². The first kappa shape index (κ1) is 19.5. The van der Waals surface area contributed by atoms with E-state index in [1.807, 2.05) is 14.0 Å². The van der Waals surface area contributed by atoms with Crippen molar-refractivity contribution in [3.63, 3.8) is 0 Å². The SMILES string of the molecule is CCCc1cc(C(=O)Nc2cccc(S(=O)(=O)N3CCN(C)CC3)c2)n[nH]1. The van der Waals surface area contributed by atoms with Crippen molar-refractivity contribution in [3.8, 4) is 0 Å². The molecule has 1 saturated heterocycles. The average molecular weight is 391 g/mol. The lowest BCUT2D eigenvalue weighted by Crippen LogP contribution is -2.47. The van der Waals surface area contributed by atoms with Gasteiger partial charge in [-0.3, -0.25) is 9.89 Å². The molecule has 0 atom stereocenters. The van der Waals surface area contributed by atoms with Crippen molar-refractivity contribution >= 4 is 21.6 Å². The number of sulfonamides is 1. The van der Waals surface area contributed by atoms with Crippen LogP contribution in [0.25, 0.3) is 0 Å². The number of hydrogen-bond acceptors (Lipinski definition) is 5. The maximum absolute atomic E-state index is 12.9. The number of benzene rings is 1. The first-order valence-corrected chi connectivity index (χ1v) is 10.5. The van der Waals surface area contributed by atoms with E-state index in [4.69, 9.17) is 0 Å². The molecule has 146 valence electrons. The molecule has 1 aromatic heterocycles. The maximum Gasteiger partial charge on any atom is 0.276 e. The van der Waals surface area contributed by atoms with Crippen molar-refractivity contribution < 1.29 is 13.2 Å². The second-order valence-electron chi connectivity index (χ2n) is 6.72. The molecule has 8 nitrogen and oxygen atoms in total. The lowest BCUT2D eigenvalue weighted by atomic mass is 10.2. The molecule has 0 bridgehead atoms. The number of H-pyrrole nitrogens is 1. The molecule has 0 radical (unpaired) electrons. The van der Waals surface area contributed by atoms with Gasteiger partial charge in [-0.05, 0) is 37.7 Å². The number of amides is 1. The number of rotatable bonds is 6. The van der Waals surface area contributed by atoms with Gasteiger partial charge in [0.05, 0.1) is 4.90 Å². The van der Waals surface area contributed by atoms with Crippen LogP contribution in [-0.2, 0) is 16.4 Å². The summed E-state index contributed by atoms with van der Waals surface area (Å²) >= 11 is 0. The Bertz CT molecular complexity index is 901. The van der Waals surface area contributed by atoms with E-state index in [0.29, 0.717) is 31.9 Å². The first-order valence-electron chi connectivity index (χ1n) is 9.04. The van der Waals surface area contributed by atoms with Gasteiger partial charge in [-0.25, -0.2) is 8.42 Å². The van der Waals surface area contributed by atoms with Crippen molar-refractivity contribution in [2.24, 2.45) is 0 Å². The van der Waals surface area contributed by atoms with Gasteiger partial charge in [0, 0.05) is 37.6 Å². The molecule has 9 heteroatoms. The van der Waals surface area contributed by atoms with Gasteiger partial charge in [-0.15, -0.1) is 0 Å². The minimum absolute atomic E-state index is 0.179. The standard InChI is InChI=1S/C18H25N5O3S/c1-3-5-15-13-17(21-20-15)18(24)19-14-6-4-7-16(12-14)27(25,26)23-10-8-22(2)9-11-23/h4,6-7,12-13H,3,5,8-11H2,1-2H3,(H,19,24)(H,20,21). The van der Waals surface area contributed by atoms with Crippen molar-refractivity contribution in [2.45, 2.75) is 24.7 Å². The van der Waals surface area contributed by atoms with Crippen molar-refractivity contribution in [1.29, 1.82) is 0 Å². The molecule has 0 aliphatic carbocycles. The Morgan fingerprint density at radius 3 is 2.67 bits per heavy atom. The van der Waals surface area contributed by atoms with Crippen LogP contribution in [0.15, 0.2) is 35.2 Å². The van der Waals surface area contributed by atoms with E-state index in [1.165, 1.54) is 10.4 Å². The summed E-state index contributed by atoms with van der Waals surface area (Å²) in [7, 11) is -1.60. The quantitative estimate of drug-likeness (QED) is 0.779. The van der Waals surface area contributed by atoms with Gasteiger partial charge in [0.25, 0.3) is 5.91 Å². The molecule has 0 saturated carbocycles. The monoisotopic (exact) mass is 391 g/mol. The highest BCUT2D eigenvalue weighted by molar-refractivity contribution is 7.89. The van der Waals surface area contributed by atoms with E-state index in [0.717, 1.165) is 18.5 Å². The van der Waals surface area contributed by atoms with Gasteiger partial charge >= 0.3 is 0 Å². The molecule has 2 heterocycles. The van der Waals surface area contributed by atoms with Crippen LogP contribution in [0.4, 0.5) is 5.69 Å². The topological polar surface area (TPSA) is 98.4 Å². The Morgan fingerprint density at radius 2 is 1.96 bits per heavy atom. The molecular weight excluding hydrogens is 366 g/mol. The fourth-order valence-corrected chi connectivity index (χ4v) is 4.45. The smallest absolute Gasteiger partial charge is 0.276 e. The average Bonchev–Trinajstić information content (AvgIpc) is 3.11. The predicted molar refractivity (Wildman–Crippen MR) is 103 cm³/mol. The van der Waals surface area contributed by atoms with Gasteiger partial charge in [-0.1, -0.05) is 19.4 Å². The van der Waals surface area contributed by atoms with Crippen molar-refractivity contribution in [2.75, 3.05) is 38.5 Å². The molecule has 1 aliphatic heterocycles. The number of nitrogens with zero attached hydrogens (tertiary/aromatic N) is 3. The molecule has 1 aliphatic rings. The fraction of sp³-hybridized carbons (Fsp3) is 0.444. The largest absolute Gasteiger partial charge is 0.321 e. The van der Waals surface area contributed by atoms with Crippen LogP contribution in [0, 0.1) is 0 Å². The number of anilines is 1. The van der Waals surface area contributed by atoms with Crippen LogP contribution in [0.5, 0.6) is 0 Å². The van der Waals surface area contributed by atoms with Crippen molar-refractivity contribution in [3.05, 3.63) is 41.7 Å². The van der Waals surface area contributed by atoms with Gasteiger partial charge in [-0.2, -0.15) is 9.40 Å². The second-order valence-corrected chi connectivity index (χ2v) is 8.66.